The molecule has 0 fully saturated rings. The summed E-state index contributed by atoms with van der Waals surface area (Å²) in [7, 11) is -9.96. The van der Waals surface area contributed by atoms with E-state index in [-0.39, 0.29) is 25.7 Å². The number of phosphoric ester groups is 2. The summed E-state index contributed by atoms with van der Waals surface area (Å²) in [6.07, 6.45) is 75.1. The van der Waals surface area contributed by atoms with Gasteiger partial charge in [0.15, 0.2) is 12.2 Å². The second-order valence-electron chi connectivity index (χ2n) is 25.2. The lowest BCUT2D eigenvalue weighted by atomic mass is 10.1. The Hall–Kier alpha value is -4.28. The Morgan fingerprint density at radius 1 is 0.296 bits per heavy atom. The summed E-state index contributed by atoms with van der Waals surface area (Å²) in [4.78, 5) is 72.8. The van der Waals surface area contributed by atoms with Crippen LogP contribution in [0.15, 0.2) is 109 Å². The molecule has 0 aromatic carbocycles. The third kappa shape index (κ3) is 70.2. The molecule has 0 aliphatic rings. The Morgan fingerprint density at radius 2 is 0.541 bits per heavy atom. The van der Waals surface area contributed by atoms with Crippen LogP contribution in [-0.4, -0.2) is 96.7 Å². The van der Waals surface area contributed by atoms with Gasteiger partial charge in [-0.1, -0.05) is 253 Å². The van der Waals surface area contributed by atoms with E-state index in [1.165, 1.54) is 44.9 Å². The minimum absolute atomic E-state index is 0.0623. The van der Waals surface area contributed by atoms with Crippen molar-refractivity contribution in [2.75, 3.05) is 39.6 Å². The van der Waals surface area contributed by atoms with E-state index in [1.54, 1.807) is 0 Å². The largest absolute Gasteiger partial charge is 0.472 e. The maximum absolute atomic E-state index is 13.1. The number of rotatable bonds is 71. The summed E-state index contributed by atoms with van der Waals surface area (Å²) < 4.78 is 68.4. The number of esters is 4. The van der Waals surface area contributed by atoms with E-state index >= 15 is 0 Å². The predicted molar refractivity (Wildman–Crippen MR) is 399 cm³/mol. The second kappa shape index (κ2) is 71.1. The maximum Gasteiger partial charge on any atom is 0.472 e. The molecule has 0 saturated heterocycles. The molecule has 0 aliphatic carbocycles. The zero-order valence-electron chi connectivity index (χ0n) is 61.4. The minimum atomic E-state index is -4.99. The lowest BCUT2D eigenvalue weighted by Gasteiger charge is -2.21. The Bertz CT molecular complexity index is 2290. The molecule has 98 heavy (non-hydrogen) atoms. The molecular weight excluding hydrogens is 1280 g/mol. The van der Waals surface area contributed by atoms with E-state index in [4.69, 9.17) is 37.0 Å². The molecule has 5 atom stereocenters. The standard InChI is InChI=1S/C79H136O17P2/c1-5-9-13-17-21-25-29-31-33-35-36-38-39-41-45-48-52-56-60-64-77(82)90-70-75(96-79(84)66-62-58-54-50-46-42-40-37-34-32-30-26-22-18-14-10-6-2)72-94-98(87,88)92-68-73(80)67-91-97(85,86)93-71-74(95-78(83)65-61-57-53-49-44-28-24-20-16-12-8-4)69-89-76(81)63-59-55-51-47-43-27-23-19-15-11-7-3/h10,14,19-26,31-34,36,38,40,42,73-75,80H,5-9,11-13,15-18,27-30,35,37,39,41,43-72H2,1-4H3,(H,85,86)(H,87,88)/b14-10-,23-19-,24-20-,25-21-,26-22-,33-31-,34-32-,38-36-,42-40-. The van der Waals surface area contributed by atoms with Crippen molar-refractivity contribution >= 4 is 39.5 Å². The van der Waals surface area contributed by atoms with Crippen LogP contribution in [0.3, 0.4) is 0 Å². The fourth-order valence-corrected chi connectivity index (χ4v) is 11.4. The van der Waals surface area contributed by atoms with Gasteiger partial charge in [0.25, 0.3) is 0 Å². The number of unbranched alkanes of at least 4 members (excludes halogenated alkanes) is 27. The first-order chi connectivity index (χ1) is 47.7. The molecule has 0 amide bonds. The number of aliphatic hydroxyl groups is 1. The van der Waals surface area contributed by atoms with Crippen molar-refractivity contribution in [1.82, 2.24) is 0 Å². The van der Waals surface area contributed by atoms with Gasteiger partial charge in [0.05, 0.1) is 26.4 Å². The van der Waals surface area contributed by atoms with Gasteiger partial charge in [0.2, 0.25) is 0 Å². The van der Waals surface area contributed by atoms with Crippen molar-refractivity contribution in [2.24, 2.45) is 0 Å². The molecule has 5 unspecified atom stereocenters. The van der Waals surface area contributed by atoms with Crippen LogP contribution in [0.5, 0.6) is 0 Å². The van der Waals surface area contributed by atoms with Gasteiger partial charge in [-0.25, -0.2) is 9.13 Å². The van der Waals surface area contributed by atoms with Gasteiger partial charge in [0, 0.05) is 25.7 Å². The van der Waals surface area contributed by atoms with E-state index in [0.717, 1.165) is 186 Å². The van der Waals surface area contributed by atoms with Gasteiger partial charge < -0.3 is 33.8 Å². The lowest BCUT2D eigenvalue weighted by molar-refractivity contribution is -0.161. The number of hydrogen-bond acceptors (Lipinski definition) is 15. The average Bonchev–Trinajstić information content (AvgIpc) is 1.06. The number of carbonyl (C=O) groups is 4. The van der Waals surface area contributed by atoms with Crippen LogP contribution in [0.1, 0.15) is 310 Å². The molecule has 0 aromatic rings. The number of carbonyl (C=O) groups excluding carboxylic acids is 4. The SMILES string of the molecule is CC/C=C\C/C=C\C/C=C\C/C=C\CCCCCCC(=O)OC(COC(=O)CCCCCCCC/C=C\C/C=C\C/C=C\CCCCC)COP(=O)(O)OCC(O)COP(=O)(O)OCC(COC(=O)CCCCCCC/C=C\CCCC)OC(=O)CCCCCCC/C=C\CCCC. The summed E-state index contributed by atoms with van der Waals surface area (Å²) in [5, 5.41) is 10.6. The van der Waals surface area contributed by atoms with Crippen molar-refractivity contribution < 1.29 is 80.2 Å². The van der Waals surface area contributed by atoms with Crippen molar-refractivity contribution in [3.05, 3.63) is 109 Å². The highest BCUT2D eigenvalue weighted by Crippen LogP contribution is 2.45. The van der Waals surface area contributed by atoms with E-state index in [0.29, 0.717) is 25.7 Å². The molecule has 564 valence electrons. The second-order valence-corrected chi connectivity index (χ2v) is 28.1. The number of hydrogen-bond donors (Lipinski definition) is 3. The first-order valence-corrected chi connectivity index (χ1v) is 41.1. The fourth-order valence-electron chi connectivity index (χ4n) is 9.83. The first kappa shape index (κ1) is 93.7. The molecule has 0 heterocycles. The number of aliphatic hydroxyl groups excluding tert-OH is 1. The highest BCUT2D eigenvalue weighted by Gasteiger charge is 2.30. The molecule has 0 radical (unpaired) electrons. The third-order valence-corrected chi connectivity index (χ3v) is 17.6. The molecule has 0 bridgehead atoms. The van der Waals surface area contributed by atoms with Crippen LogP contribution < -0.4 is 0 Å². The molecular formula is C79H136O17P2. The Morgan fingerprint density at radius 3 is 0.857 bits per heavy atom. The van der Waals surface area contributed by atoms with Crippen molar-refractivity contribution in [2.45, 2.75) is 329 Å². The Balaban J connectivity index is 5.36. The van der Waals surface area contributed by atoms with Crippen LogP contribution in [0.25, 0.3) is 0 Å². The smallest absolute Gasteiger partial charge is 0.462 e. The highest BCUT2D eigenvalue weighted by molar-refractivity contribution is 7.47. The Kier molecular flexibility index (Phi) is 68.0. The maximum atomic E-state index is 13.1. The van der Waals surface area contributed by atoms with Gasteiger partial charge in [-0.3, -0.25) is 37.3 Å². The molecule has 0 aromatic heterocycles. The zero-order chi connectivity index (χ0) is 71.8. The number of allylic oxidation sites excluding steroid dienone is 18. The van der Waals surface area contributed by atoms with Crippen molar-refractivity contribution in [3.8, 4) is 0 Å². The normalized spacial score (nSPS) is 14.6. The molecule has 0 spiro atoms. The van der Waals surface area contributed by atoms with Gasteiger partial charge in [0.1, 0.15) is 19.3 Å². The molecule has 3 N–H and O–H groups in total. The van der Waals surface area contributed by atoms with Gasteiger partial charge in [-0.2, -0.15) is 0 Å². The summed E-state index contributed by atoms with van der Waals surface area (Å²) in [6.45, 7) is 4.59. The van der Waals surface area contributed by atoms with Crippen molar-refractivity contribution in [1.29, 1.82) is 0 Å². The van der Waals surface area contributed by atoms with E-state index < -0.39 is 97.5 Å². The number of ether oxygens (including phenoxy) is 4. The molecule has 17 nitrogen and oxygen atoms in total. The lowest BCUT2D eigenvalue weighted by Crippen LogP contribution is -2.30. The summed E-state index contributed by atoms with van der Waals surface area (Å²) in [6, 6.07) is 0. The summed E-state index contributed by atoms with van der Waals surface area (Å²) in [5.41, 5.74) is 0. The van der Waals surface area contributed by atoms with Crippen LogP contribution in [0.2, 0.25) is 0 Å². The topological polar surface area (TPSA) is 237 Å². The predicted octanol–water partition coefficient (Wildman–Crippen LogP) is 21.8. The van der Waals surface area contributed by atoms with Crippen LogP contribution in [-0.2, 0) is 65.4 Å². The van der Waals surface area contributed by atoms with E-state index in [2.05, 4.69) is 137 Å². The van der Waals surface area contributed by atoms with Gasteiger partial charge in [-0.15, -0.1) is 0 Å². The van der Waals surface area contributed by atoms with Crippen LogP contribution in [0.4, 0.5) is 0 Å². The summed E-state index contributed by atoms with van der Waals surface area (Å²) in [5.74, 6) is -2.23. The monoisotopic (exact) mass is 1420 g/mol. The molecule has 0 aliphatic heterocycles. The average molecular weight is 1420 g/mol. The fraction of sp³-hybridized carbons (Fsp3) is 0.722. The highest BCUT2D eigenvalue weighted by atomic mass is 31.2. The Labute approximate surface area is 594 Å². The quantitative estimate of drug-likeness (QED) is 0.0169. The van der Waals surface area contributed by atoms with E-state index in [1.807, 2.05) is 0 Å². The number of phosphoric acid groups is 2. The molecule has 0 rings (SSSR count). The van der Waals surface area contributed by atoms with Crippen LogP contribution >= 0.6 is 15.6 Å². The molecule has 19 heteroatoms. The first-order valence-electron chi connectivity index (χ1n) is 38.1. The van der Waals surface area contributed by atoms with Crippen molar-refractivity contribution in [3.63, 3.8) is 0 Å². The van der Waals surface area contributed by atoms with E-state index in [9.17, 15) is 43.2 Å². The minimum Gasteiger partial charge on any atom is -0.462 e. The zero-order valence-corrected chi connectivity index (χ0v) is 63.2. The third-order valence-electron chi connectivity index (χ3n) is 15.7. The van der Waals surface area contributed by atoms with Gasteiger partial charge >= 0.3 is 39.5 Å². The van der Waals surface area contributed by atoms with Gasteiger partial charge in [-0.05, 0) is 141 Å². The van der Waals surface area contributed by atoms with Crippen LogP contribution in [0, 0.1) is 0 Å². The molecule has 0 saturated carbocycles. The summed E-state index contributed by atoms with van der Waals surface area (Å²) >= 11 is 0.